The van der Waals surface area contributed by atoms with Gasteiger partial charge in [-0.25, -0.2) is 0 Å². The maximum absolute atomic E-state index is 12.4. The van der Waals surface area contributed by atoms with Crippen LogP contribution in [0.15, 0.2) is 78.9 Å². The Bertz CT molecular complexity index is 943. The van der Waals surface area contributed by atoms with Crippen molar-refractivity contribution < 1.29 is 9.59 Å². The van der Waals surface area contributed by atoms with Gasteiger partial charge < -0.3 is 10.6 Å². The molecule has 0 bridgehead atoms. The number of hydrogen-bond acceptors (Lipinski definition) is 2. The van der Waals surface area contributed by atoms with E-state index in [4.69, 9.17) is 11.6 Å². The van der Waals surface area contributed by atoms with E-state index in [0.717, 1.165) is 12.8 Å². The van der Waals surface area contributed by atoms with Crippen molar-refractivity contribution in [2.24, 2.45) is 0 Å². The van der Waals surface area contributed by atoms with Crippen LogP contribution in [0, 0.1) is 0 Å². The van der Waals surface area contributed by atoms with Crippen molar-refractivity contribution in [2.75, 3.05) is 10.6 Å². The Morgan fingerprint density at radius 2 is 1.50 bits per heavy atom. The van der Waals surface area contributed by atoms with Gasteiger partial charge in [0.1, 0.15) is 0 Å². The molecule has 0 fully saturated rings. The molecule has 0 saturated heterocycles. The zero-order valence-electron chi connectivity index (χ0n) is 15.3. The molecule has 0 spiro atoms. The minimum Gasteiger partial charge on any atom is -0.325 e. The number of para-hydroxylation sites is 1. The van der Waals surface area contributed by atoms with Crippen molar-refractivity contribution >= 4 is 34.8 Å². The van der Waals surface area contributed by atoms with Gasteiger partial charge in [-0.3, -0.25) is 9.59 Å². The van der Waals surface area contributed by atoms with Gasteiger partial charge in [-0.05, 0) is 48.7 Å². The first-order valence-corrected chi connectivity index (χ1v) is 9.49. The molecule has 0 radical (unpaired) electrons. The fourth-order valence-electron chi connectivity index (χ4n) is 2.80. The number of carbonyl (C=O) groups is 2. The number of benzene rings is 3. The fraction of sp³-hybridized carbons (Fsp3) is 0.130. The van der Waals surface area contributed by atoms with Gasteiger partial charge in [-0.15, -0.1) is 0 Å². The van der Waals surface area contributed by atoms with Crippen LogP contribution in [-0.4, -0.2) is 11.8 Å². The van der Waals surface area contributed by atoms with Crippen molar-refractivity contribution in [2.45, 2.75) is 19.3 Å². The number of anilines is 2. The molecule has 0 saturated carbocycles. The van der Waals surface area contributed by atoms with Crippen LogP contribution < -0.4 is 10.6 Å². The van der Waals surface area contributed by atoms with Crippen molar-refractivity contribution in [1.29, 1.82) is 0 Å². The molecule has 0 heterocycles. The molecule has 0 aliphatic carbocycles. The van der Waals surface area contributed by atoms with E-state index >= 15 is 0 Å². The van der Waals surface area contributed by atoms with Gasteiger partial charge >= 0.3 is 0 Å². The van der Waals surface area contributed by atoms with Crippen LogP contribution in [0.1, 0.15) is 28.8 Å². The summed E-state index contributed by atoms with van der Waals surface area (Å²) in [5.41, 5.74) is 2.77. The van der Waals surface area contributed by atoms with Gasteiger partial charge in [0.05, 0.1) is 10.7 Å². The highest BCUT2D eigenvalue weighted by Gasteiger charge is 2.11. The summed E-state index contributed by atoms with van der Waals surface area (Å²) in [5, 5.41) is 6.02. The van der Waals surface area contributed by atoms with E-state index in [1.54, 1.807) is 18.2 Å². The first-order valence-electron chi connectivity index (χ1n) is 9.11. The lowest BCUT2D eigenvalue weighted by Crippen LogP contribution is -2.15. The minimum absolute atomic E-state index is 0.126. The number of aryl methyl sites for hydroxylation is 1. The molecule has 28 heavy (non-hydrogen) atoms. The molecule has 0 atom stereocenters. The van der Waals surface area contributed by atoms with Crippen LogP contribution in [0.4, 0.5) is 11.4 Å². The standard InChI is InChI=1S/C23H21ClN2O2/c24-20-15-14-18(23(28)25-19-11-5-2-6-12-19)16-21(20)26-22(27)13-7-10-17-8-3-1-4-9-17/h1-6,8-9,11-12,14-16H,7,10,13H2,(H,25,28)(H,26,27). The van der Waals surface area contributed by atoms with Crippen LogP contribution in [0.25, 0.3) is 0 Å². The molecule has 0 aliphatic heterocycles. The highest BCUT2D eigenvalue weighted by atomic mass is 35.5. The zero-order chi connectivity index (χ0) is 19.8. The maximum atomic E-state index is 12.4. The predicted molar refractivity (Wildman–Crippen MR) is 114 cm³/mol. The second kappa shape index (κ2) is 9.72. The van der Waals surface area contributed by atoms with E-state index in [0.29, 0.717) is 28.4 Å². The number of nitrogens with one attached hydrogen (secondary N) is 2. The Morgan fingerprint density at radius 1 is 0.821 bits per heavy atom. The Hall–Kier alpha value is -3.11. The summed E-state index contributed by atoms with van der Waals surface area (Å²) in [4.78, 5) is 24.7. The molecule has 0 unspecified atom stereocenters. The van der Waals surface area contributed by atoms with Crippen molar-refractivity contribution in [3.63, 3.8) is 0 Å². The third-order valence-corrected chi connectivity index (χ3v) is 4.58. The molecule has 0 aromatic heterocycles. The van der Waals surface area contributed by atoms with Crippen LogP contribution in [0.5, 0.6) is 0 Å². The Balaban J connectivity index is 1.58. The summed E-state index contributed by atoms with van der Waals surface area (Å²) in [6.45, 7) is 0. The van der Waals surface area contributed by atoms with Gasteiger partial charge in [0.15, 0.2) is 0 Å². The molecule has 3 aromatic rings. The number of rotatable bonds is 7. The van der Waals surface area contributed by atoms with E-state index in [1.165, 1.54) is 5.56 Å². The van der Waals surface area contributed by atoms with Gasteiger partial charge in [0.2, 0.25) is 5.91 Å². The Labute approximate surface area is 169 Å². The molecular formula is C23H21ClN2O2. The molecular weight excluding hydrogens is 372 g/mol. The summed E-state index contributed by atoms with van der Waals surface area (Å²) < 4.78 is 0. The molecule has 2 N–H and O–H groups in total. The first-order chi connectivity index (χ1) is 13.6. The third kappa shape index (κ3) is 5.69. The summed E-state index contributed by atoms with van der Waals surface area (Å²) in [5.74, 6) is -0.388. The van der Waals surface area contributed by atoms with Crippen LogP contribution in [0.3, 0.4) is 0 Å². The Kier molecular flexibility index (Phi) is 6.82. The molecule has 5 heteroatoms. The molecule has 3 rings (SSSR count). The summed E-state index contributed by atoms with van der Waals surface area (Å²) in [7, 11) is 0. The van der Waals surface area contributed by atoms with Crippen LogP contribution in [0.2, 0.25) is 5.02 Å². The maximum Gasteiger partial charge on any atom is 0.255 e. The monoisotopic (exact) mass is 392 g/mol. The molecule has 2 amide bonds. The van der Waals surface area contributed by atoms with Gasteiger partial charge in [0.25, 0.3) is 5.91 Å². The second-order valence-corrected chi connectivity index (χ2v) is 6.81. The lowest BCUT2D eigenvalue weighted by molar-refractivity contribution is -0.116. The van der Waals surface area contributed by atoms with Crippen LogP contribution in [-0.2, 0) is 11.2 Å². The summed E-state index contributed by atoms with van der Waals surface area (Å²) >= 11 is 6.19. The number of carbonyl (C=O) groups excluding carboxylic acids is 2. The lowest BCUT2D eigenvalue weighted by Gasteiger charge is -2.10. The fourth-order valence-corrected chi connectivity index (χ4v) is 2.96. The van der Waals surface area contributed by atoms with Crippen LogP contribution >= 0.6 is 11.6 Å². The quantitative estimate of drug-likeness (QED) is 0.553. The highest BCUT2D eigenvalue weighted by molar-refractivity contribution is 6.34. The summed E-state index contributed by atoms with van der Waals surface area (Å²) in [6.07, 6.45) is 1.95. The molecule has 4 nitrogen and oxygen atoms in total. The number of halogens is 1. The van der Waals surface area contributed by atoms with Gasteiger partial charge in [-0.2, -0.15) is 0 Å². The van der Waals surface area contributed by atoms with Gasteiger partial charge in [0, 0.05) is 17.7 Å². The second-order valence-electron chi connectivity index (χ2n) is 6.40. The molecule has 0 aliphatic rings. The largest absolute Gasteiger partial charge is 0.325 e. The number of amides is 2. The number of hydrogen-bond donors (Lipinski definition) is 2. The smallest absolute Gasteiger partial charge is 0.255 e. The van der Waals surface area contributed by atoms with Crippen molar-refractivity contribution in [3.8, 4) is 0 Å². The van der Waals surface area contributed by atoms with E-state index in [1.807, 2.05) is 60.7 Å². The minimum atomic E-state index is -0.262. The topological polar surface area (TPSA) is 58.2 Å². The van der Waals surface area contributed by atoms with Gasteiger partial charge in [-0.1, -0.05) is 60.1 Å². The van der Waals surface area contributed by atoms with Crippen molar-refractivity contribution in [1.82, 2.24) is 0 Å². The average molecular weight is 393 g/mol. The third-order valence-electron chi connectivity index (χ3n) is 4.25. The summed E-state index contributed by atoms with van der Waals surface area (Å²) in [6, 6.07) is 24.1. The first kappa shape index (κ1) is 19.6. The highest BCUT2D eigenvalue weighted by Crippen LogP contribution is 2.24. The molecule has 3 aromatic carbocycles. The van der Waals surface area contributed by atoms with Crippen molar-refractivity contribution in [3.05, 3.63) is 95.0 Å². The van der Waals surface area contributed by atoms with E-state index in [2.05, 4.69) is 10.6 Å². The Morgan fingerprint density at radius 3 is 2.21 bits per heavy atom. The predicted octanol–water partition coefficient (Wildman–Crippen LogP) is 5.55. The lowest BCUT2D eigenvalue weighted by atomic mass is 10.1. The van der Waals surface area contributed by atoms with E-state index in [-0.39, 0.29) is 11.8 Å². The van der Waals surface area contributed by atoms with E-state index in [9.17, 15) is 9.59 Å². The SMILES string of the molecule is O=C(CCCc1ccccc1)Nc1cc(C(=O)Nc2ccccc2)ccc1Cl. The normalized spacial score (nSPS) is 10.3. The molecule has 142 valence electrons. The zero-order valence-corrected chi connectivity index (χ0v) is 16.1. The average Bonchev–Trinajstić information content (AvgIpc) is 2.71. The van der Waals surface area contributed by atoms with E-state index < -0.39 is 0 Å².